The van der Waals surface area contributed by atoms with Crippen LogP contribution in [0.15, 0.2) is 42.5 Å². The molecule has 3 nitrogen and oxygen atoms in total. The van der Waals surface area contributed by atoms with Gasteiger partial charge in [0.2, 0.25) is 0 Å². The molecule has 0 unspecified atom stereocenters. The highest BCUT2D eigenvalue weighted by Crippen LogP contribution is 2.12. The second-order valence-corrected chi connectivity index (χ2v) is 3.05. The van der Waals surface area contributed by atoms with Crippen molar-refractivity contribution in [2.75, 3.05) is 5.32 Å². The van der Waals surface area contributed by atoms with Crippen molar-refractivity contribution in [1.82, 2.24) is 10.2 Å². The van der Waals surface area contributed by atoms with Crippen LogP contribution in [0.25, 0.3) is 0 Å². The first kappa shape index (κ1) is 8.69. The van der Waals surface area contributed by atoms with Crippen molar-refractivity contribution in [2.24, 2.45) is 0 Å². The zero-order valence-electron chi connectivity index (χ0n) is 7.94. The van der Waals surface area contributed by atoms with Crippen LogP contribution in [-0.4, -0.2) is 10.2 Å². The molecule has 14 heavy (non-hydrogen) atoms. The summed E-state index contributed by atoms with van der Waals surface area (Å²) in [6.45, 7) is 1.92. The van der Waals surface area contributed by atoms with E-state index in [0.717, 1.165) is 17.2 Å². The quantitative estimate of drug-likeness (QED) is 0.781. The SMILES string of the molecule is Cc1ccc(Nc2ccccc2)nn1. The first-order chi connectivity index (χ1) is 6.84. The molecular formula is C11H11N3. The lowest BCUT2D eigenvalue weighted by Gasteiger charge is -2.03. The Bertz CT molecular complexity index is 395. The highest BCUT2D eigenvalue weighted by molar-refractivity contribution is 5.54. The number of benzene rings is 1. The van der Waals surface area contributed by atoms with Crippen LogP contribution in [-0.2, 0) is 0 Å². The van der Waals surface area contributed by atoms with Crippen molar-refractivity contribution in [1.29, 1.82) is 0 Å². The molecule has 2 rings (SSSR count). The number of aromatic nitrogens is 2. The molecule has 2 aromatic rings. The molecule has 0 aliphatic carbocycles. The van der Waals surface area contributed by atoms with E-state index in [-0.39, 0.29) is 0 Å². The molecule has 1 aromatic carbocycles. The predicted octanol–water partition coefficient (Wildman–Crippen LogP) is 2.53. The average Bonchev–Trinajstić information content (AvgIpc) is 2.23. The van der Waals surface area contributed by atoms with E-state index < -0.39 is 0 Å². The van der Waals surface area contributed by atoms with E-state index in [9.17, 15) is 0 Å². The minimum absolute atomic E-state index is 0.766. The van der Waals surface area contributed by atoms with Gasteiger partial charge < -0.3 is 5.32 Å². The number of nitrogens with zero attached hydrogens (tertiary/aromatic N) is 2. The van der Waals surface area contributed by atoms with E-state index >= 15 is 0 Å². The lowest BCUT2D eigenvalue weighted by Crippen LogP contribution is -1.95. The minimum Gasteiger partial charge on any atom is -0.339 e. The molecule has 0 aliphatic rings. The van der Waals surface area contributed by atoms with E-state index in [0.29, 0.717) is 0 Å². The van der Waals surface area contributed by atoms with Gasteiger partial charge in [-0.2, -0.15) is 5.10 Å². The predicted molar refractivity (Wildman–Crippen MR) is 56.5 cm³/mol. The van der Waals surface area contributed by atoms with Crippen molar-refractivity contribution in [2.45, 2.75) is 6.92 Å². The smallest absolute Gasteiger partial charge is 0.153 e. The largest absolute Gasteiger partial charge is 0.339 e. The van der Waals surface area contributed by atoms with Gasteiger partial charge in [0.05, 0.1) is 5.69 Å². The van der Waals surface area contributed by atoms with Crippen LogP contribution in [0, 0.1) is 6.92 Å². The number of anilines is 2. The Balaban J connectivity index is 2.16. The number of hydrogen-bond acceptors (Lipinski definition) is 3. The fourth-order valence-electron chi connectivity index (χ4n) is 1.13. The molecule has 0 saturated heterocycles. The normalized spacial score (nSPS) is 9.79. The van der Waals surface area contributed by atoms with E-state index in [1.807, 2.05) is 49.4 Å². The highest BCUT2D eigenvalue weighted by Gasteiger charge is 1.94. The summed E-state index contributed by atoms with van der Waals surface area (Å²) < 4.78 is 0. The Morgan fingerprint density at radius 3 is 2.36 bits per heavy atom. The number of rotatable bonds is 2. The maximum Gasteiger partial charge on any atom is 0.153 e. The van der Waals surface area contributed by atoms with Crippen LogP contribution in [0.4, 0.5) is 11.5 Å². The number of para-hydroxylation sites is 1. The van der Waals surface area contributed by atoms with Gasteiger partial charge in [-0.1, -0.05) is 18.2 Å². The molecule has 70 valence electrons. The van der Waals surface area contributed by atoms with Gasteiger partial charge in [0.25, 0.3) is 0 Å². The standard InChI is InChI=1S/C11H11N3/c1-9-7-8-11(14-13-9)12-10-5-3-2-4-6-10/h2-8H,1H3,(H,12,14). The average molecular weight is 185 g/mol. The van der Waals surface area contributed by atoms with Crippen LogP contribution in [0.5, 0.6) is 0 Å². The van der Waals surface area contributed by atoms with Gasteiger partial charge >= 0.3 is 0 Å². The number of aryl methyl sites for hydroxylation is 1. The third-order valence-electron chi connectivity index (χ3n) is 1.84. The molecule has 0 radical (unpaired) electrons. The third-order valence-corrected chi connectivity index (χ3v) is 1.84. The Labute approximate surface area is 82.8 Å². The van der Waals surface area contributed by atoms with Gasteiger partial charge in [0, 0.05) is 5.69 Å². The van der Waals surface area contributed by atoms with Crippen molar-refractivity contribution < 1.29 is 0 Å². The zero-order chi connectivity index (χ0) is 9.80. The minimum atomic E-state index is 0.766. The van der Waals surface area contributed by atoms with Crippen molar-refractivity contribution in [3.63, 3.8) is 0 Å². The Hall–Kier alpha value is -1.90. The summed E-state index contributed by atoms with van der Waals surface area (Å²) in [6.07, 6.45) is 0. The lowest BCUT2D eigenvalue weighted by molar-refractivity contribution is 0.986. The van der Waals surface area contributed by atoms with Gasteiger partial charge in [-0.15, -0.1) is 5.10 Å². The molecule has 0 amide bonds. The maximum atomic E-state index is 4.01. The van der Waals surface area contributed by atoms with E-state index in [2.05, 4.69) is 15.5 Å². The van der Waals surface area contributed by atoms with Gasteiger partial charge in [-0.05, 0) is 31.2 Å². The molecule has 1 N–H and O–H groups in total. The highest BCUT2D eigenvalue weighted by atomic mass is 15.2. The van der Waals surface area contributed by atoms with Gasteiger partial charge in [-0.25, -0.2) is 0 Å². The van der Waals surface area contributed by atoms with Gasteiger partial charge in [-0.3, -0.25) is 0 Å². The molecule has 1 heterocycles. The second-order valence-electron chi connectivity index (χ2n) is 3.05. The monoisotopic (exact) mass is 185 g/mol. The van der Waals surface area contributed by atoms with Crippen molar-refractivity contribution >= 4 is 11.5 Å². The van der Waals surface area contributed by atoms with Crippen LogP contribution in [0.3, 0.4) is 0 Å². The number of hydrogen-bond donors (Lipinski definition) is 1. The summed E-state index contributed by atoms with van der Waals surface area (Å²) in [7, 11) is 0. The zero-order valence-corrected chi connectivity index (χ0v) is 7.94. The molecule has 0 bridgehead atoms. The fraction of sp³-hybridized carbons (Fsp3) is 0.0909. The molecule has 3 heteroatoms. The van der Waals surface area contributed by atoms with Crippen LogP contribution in [0.1, 0.15) is 5.69 Å². The first-order valence-corrected chi connectivity index (χ1v) is 4.47. The van der Waals surface area contributed by atoms with E-state index in [1.165, 1.54) is 0 Å². The van der Waals surface area contributed by atoms with Crippen LogP contribution < -0.4 is 5.32 Å². The molecule has 0 spiro atoms. The Kier molecular flexibility index (Phi) is 2.40. The Morgan fingerprint density at radius 1 is 0.929 bits per heavy atom. The van der Waals surface area contributed by atoms with E-state index in [1.54, 1.807) is 0 Å². The summed E-state index contributed by atoms with van der Waals surface area (Å²) in [5, 5.41) is 11.1. The van der Waals surface area contributed by atoms with Gasteiger partial charge in [0.1, 0.15) is 0 Å². The van der Waals surface area contributed by atoms with Crippen LogP contribution >= 0.6 is 0 Å². The summed E-state index contributed by atoms with van der Waals surface area (Å²) in [5.74, 6) is 0.766. The number of nitrogens with one attached hydrogen (secondary N) is 1. The van der Waals surface area contributed by atoms with Crippen molar-refractivity contribution in [3.8, 4) is 0 Å². The Morgan fingerprint density at radius 2 is 1.71 bits per heavy atom. The van der Waals surface area contributed by atoms with E-state index in [4.69, 9.17) is 0 Å². The summed E-state index contributed by atoms with van der Waals surface area (Å²) >= 11 is 0. The topological polar surface area (TPSA) is 37.8 Å². The molecule has 0 atom stereocenters. The molecule has 0 aliphatic heterocycles. The third kappa shape index (κ3) is 2.07. The summed E-state index contributed by atoms with van der Waals surface area (Å²) in [6, 6.07) is 13.7. The summed E-state index contributed by atoms with van der Waals surface area (Å²) in [5.41, 5.74) is 1.94. The maximum absolute atomic E-state index is 4.01. The van der Waals surface area contributed by atoms with Crippen molar-refractivity contribution in [3.05, 3.63) is 48.2 Å². The fourth-order valence-corrected chi connectivity index (χ4v) is 1.13. The summed E-state index contributed by atoms with van der Waals surface area (Å²) in [4.78, 5) is 0. The van der Waals surface area contributed by atoms with Crippen LogP contribution in [0.2, 0.25) is 0 Å². The lowest BCUT2D eigenvalue weighted by atomic mass is 10.3. The first-order valence-electron chi connectivity index (χ1n) is 4.47. The molecular weight excluding hydrogens is 174 g/mol. The second kappa shape index (κ2) is 3.87. The molecule has 1 aromatic heterocycles. The van der Waals surface area contributed by atoms with Gasteiger partial charge in [0.15, 0.2) is 5.82 Å². The molecule has 0 fully saturated rings. The molecule has 0 saturated carbocycles.